The highest BCUT2D eigenvalue weighted by Crippen LogP contribution is 2.20. The summed E-state index contributed by atoms with van der Waals surface area (Å²) in [7, 11) is 0. The van der Waals surface area contributed by atoms with Crippen LogP contribution in [-0.2, 0) is 6.54 Å². The first-order valence-corrected chi connectivity index (χ1v) is 6.54. The summed E-state index contributed by atoms with van der Waals surface area (Å²) in [5.74, 6) is 0. The van der Waals surface area contributed by atoms with E-state index in [0.717, 1.165) is 31.7 Å². The lowest BCUT2D eigenvalue weighted by Crippen LogP contribution is -2.49. The number of nitrogens with one attached hydrogen (secondary N) is 1. The van der Waals surface area contributed by atoms with Crippen molar-refractivity contribution in [3.05, 3.63) is 35.4 Å². The van der Waals surface area contributed by atoms with E-state index in [-0.39, 0.29) is 12.1 Å². The average Bonchev–Trinajstić information content (AvgIpc) is 2.77. The number of hydrogen-bond acceptors (Lipinski definition) is 3. The molecule has 2 fully saturated rings. The van der Waals surface area contributed by atoms with Crippen LogP contribution in [0.4, 0.5) is 4.79 Å². The molecule has 0 radical (unpaired) electrons. The summed E-state index contributed by atoms with van der Waals surface area (Å²) in [4.78, 5) is 16.1. The van der Waals surface area contributed by atoms with Crippen molar-refractivity contribution < 1.29 is 4.79 Å². The Morgan fingerprint density at radius 1 is 1.42 bits per heavy atom. The number of rotatable bonds is 2. The van der Waals surface area contributed by atoms with Gasteiger partial charge in [0.1, 0.15) is 0 Å². The Labute approximate surface area is 112 Å². The summed E-state index contributed by atoms with van der Waals surface area (Å²) in [6.07, 6.45) is 0. The van der Waals surface area contributed by atoms with E-state index in [2.05, 4.69) is 11.4 Å². The SMILES string of the molecule is N#Cc1ccccc1CN1CC2CNCCN2C1=O. The van der Waals surface area contributed by atoms with Crippen molar-refractivity contribution >= 4 is 6.03 Å². The minimum absolute atomic E-state index is 0.0965. The number of hydrogen-bond donors (Lipinski definition) is 1. The molecular formula is C14H16N4O. The van der Waals surface area contributed by atoms with Gasteiger partial charge in [-0.25, -0.2) is 4.79 Å². The molecule has 1 unspecified atom stereocenters. The van der Waals surface area contributed by atoms with Gasteiger partial charge in [0.2, 0.25) is 0 Å². The largest absolute Gasteiger partial charge is 0.320 e. The maximum Gasteiger partial charge on any atom is 0.320 e. The Bertz CT molecular complexity index is 536. The molecule has 1 atom stereocenters. The molecule has 2 amide bonds. The van der Waals surface area contributed by atoms with Gasteiger partial charge >= 0.3 is 6.03 Å². The van der Waals surface area contributed by atoms with Crippen molar-refractivity contribution in [3.63, 3.8) is 0 Å². The van der Waals surface area contributed by atoms with Crippen molar-refractivity contribution in [1.29, 1.82) is 5.26 Å². The lowest BCUT2D eigenvalue weighted by Gasteiger charge is -2.28. The van der Waals surface area contributed by atoms with Crippen LogP contribution in [0.2, 0.25) is 0 Å². The van der Waals surface area contributed by atoms with E-state index in [0.29, 0.717) is 12.1 Å². The second-order valence-electron chi connectivity index (χ2n) is 4.98. The monoisotopic (exact) mass is 256 g/mol. The molecule has 0 saturated carbocycles. The maximum absolute atomic E-state index is 12.3. The number of nitriles is 1. The zero-order valence-corrected chi connectivity index (χ0v) is 10.7. The Morgan fingerprint density at radius 2 is 2.26 bits per heavy atom. The Kier molecular flexibility index (Phi) is 3.10. The van der Waals surface area contributed by atoms with E-state index in [9.17, 15) is 4.79 Å². The van der Waals surface area contributed by atoms with E-state index < -0.39 is 0 Å². The fourth-order valence-electron chi connectivity index (χ4n) is 2.80. The fourth-order valence-corrected chi connectivity index (χ4v) is 2.80. The summed E-state index contributed by atoms with van der Waals surface area (Å²) < 4.78 is 0. The number of urea groups is 1. The van der Waals surface area contributed by atoms with E-state index in [4.69, 9.17) is 5.26 Å². The molecule has 19 heavy (non-hydrogen) atoms. The smallest absolute Gasteiger partial charge is 0.318 e. The molecule has 0 spiro atoms. The Balaban J connectivity index is 1.77. The topological polar surface area (TPSA) is 59.4 Å². The number of benzene rings is 1. The van der Waals surface area contributed by atoms with E-state index in [1.165, 1.54) is 0 Å². The molecule has 1 aromatic carbocycles. The van der Waals surface area contributed by atoms with Crippen LogP contribution < -0.4 is 5.32 Å². The third-order valence-corrected chi connectivity index (χ3v) is 3.80. The quantitative estimate of drug-likeness (QED) is 0.850. The van der Waals surface area contributed by atoms with Crippen molar-refractivity contribution in [2.75, 3.05) is 26.2 Å². The predicted octanol–water partition coefficient (Wildman–Crippen LogP) is 0.768. The minimum Gasteiger partial charge on any atom is -0.318 e. The van der Waals surface area contributed by atoms with E-state index >= 15 is 0 Å². The van der Waals surface area contributed by atoms with Gasteiger partial charge in [-0.2, -0.15) is 5.26 Å². The van der Waals surface area contributed by atoms with Crippen LogP contribution in [0, 0.1) is 11.3 Å². The number of carbonyl (C=O) groups is 1. The second-order valence-corrected chi connectivity index (χ2v) is 4.98. The van der Waals surface area contributed by atoms with Gasteiger partial charge in [-0.3, -0.25) is 0 Å². The van der Waals surface area contributed by atoms with Gasteiger partial charge in [0.05, 0.1) is 17.7 Å². The van der Waals surface area contributed by atoms with Crippen LogP contribution in [0.25, 0.3) is 0 Å². The molecule has 2 saturated heterocycles. The maximum atomic E-state index is 12.3. The number of piperazine rings is 1. The third kappa shape index (κ3) is 2.15. The summed E-state index contributed by atoms with van der Waals surface area (Å²) in [6, 6.07) is 10.0. The molecular weight excluding hydrogens is 240 g/mol. The van der Waals surface area contributed by atoms with Gasteiger partial charge in [0.25, 0.3) is 0 Å². The van der Waals surface area contributed by atoms with E-state index in [1.807, 2.05) is 28.0 Å². The summed E-state index contributed by atoms with van der Waals surface area (Å²) in [5, 5.41) is 12.4. The van der Waals surface area contributed by atoms with Crippen molar-refractivity contribution in [3.8, 4) is 6.07 Å². The van der Waals surface area contributed by atoms with Crippen LogP contribution in [0.15, 0.2) is 24.3 Å². The number of fused-ring (bicyclic) bond motifs is 1. The predicted molar refractivity (Wildman–Crippen MR) is 70.3 cm³/mol. The van der Waals surface area contributed by atoms with Crippen LogP contribution in [-0.4, -0.2) is 48.1 Å². The lowest BCUT2D eigenvalue weighted by molar-refractivity contribution is 0.178. The zero-order chi connectivity index (χ0) is 13.2. The lowest BCUT2D eigenvalue weighted by atomic mass is 10.1. The van der Waals surface area contributed by atoms with Crippen molar-refractivity contribution in [2.24, 2.45) is 0 Å². The van der Waals surface area contributed by atoms with Gasteiger partial charge < -0.3 is 15.1 Å². The Hall–Kier alpha value is -2.06. The van der Waals surface area contributed by atoms with Gasteiger partial charge in [-0.05, 0) is 11.6 Å². The van der Waals surface area contributed by atoms with Crippen molar-refractivity contribution in [2.45, 2.75) is 12.6 Å². The Morgan fingerprint density at radius 3 is 3.05 bits per heavy atom. The third-order valence-electron chi connectivity index (χ3n) is 3.80. The first-order valence-electron chi connectivity index (χ1n) is 6.54. The molecule has 2 heterocycles. The highest BCUT2D eigenvalue weighted by molar-refractivity contribution is 5.77. The standard InChI is InChI=1S/C14H16N4O/c15-7-11-3-1-2-4-12(11)9-17-10-13-8-16-5-6-18(13)14(17)19/h1-4,13,16H,5-6,8-10H2. The fraction of sp³-hybridized carbons (Fsp3) is 0.429. The molecule has 5 heteroatoms. The molecule has 98 valence electrons. The van der Waals surface area contributed by atoms with Crippen LogP contribution >= 0.6 is 0 Å². The molecule has 0 aromatic heterocycles. The molecule has 3 rings (SSSR count). The van der Waals surface area contributed by atoms with Crippen LogP contribution in [0.5, 0.6) is 0 Å². The molecule has 2 aliphatic rings. The number of nitrogens with zero attached hydrogens (tertiary/aromatic N) is 3. The van der Waals surface area contributed by atoms with Gasteiger partial charge in [-0.1, -0.05) is 18.2 Å². The van der Waals surface area contributed by atoms with Gasteiger partial charge in [0, 0.05) is 32.7 Å². The second kappa shape index (κ2) is 4.90. The number of amides is 2. The van der Waals surface area contributed by atoms with Gasteiger partial charge in [-0.15, -0.1) is 0 Å². The van der Waals surface area contributed by atoms with Gasteiger partial charge in [0.15, 0.2) is 0 Å². The van der Waals surface area contributed by atoms with Crippen LogP contribution in [0.3, 0.4) is 0 Å². The molecule has 1 aromatic rings. The molecule has 1 N–H and O–H groups in total. The molecule has 5 nitrogen and oxygen atoms in total. The number of carbonyl (C=O) groups excluding carboxylic acids is 1. The first-order chi connectivity index (χ1) is 9.29. The summed E-state index contributed by atoms with van der Waals surface area (Å²) >= 11 is 0. The normalized spacial score (nSPS) is 22.3. The highest BCUT2D eigenvalue weighted by atomic mass is 16.2. The minimum atomic E-state index is 0.0965. The van der Waals surface area contributed by atoms with Crippen molar-refractivity contribution in [1.82, 2.24) is 15.1 Å². The molecule has 0 aliphatic carbocycles. The average molecular weight is 256 g/mol. The zero-order valence-electron chi connectivity index (χ0n) is 10.7. The highest BCUT2D eigenvalue weighted by Gasteiger charge is 2.38. The summed E-state index contributed by atoms with van der Waals surface area (Å²) in [6.45, 7) is 3.77. The van der Waals surface area contributed by atoms with Crippen LogP contribution in [0.1, 0.15) is 11.1 Å². The molecule has 2 aliphatic heterocycles. The summed E-state index contributed by atoms with van der Waals surface area (Å²) in [5.41, 5.74) is 1.57. The molecule has 0 bridgehead atoms. The van der Waals surface area contributed by atoms with E-state index in [1.54, 1.807) is 6.07 Å². The first kappa shape index (κ1) is 12.0.